The molecule has 322 valence electrons. The largest absolute Gasteiger partial charge is 0.456 e. The van der Waals surface area contributed by atoms with Gasteiger partial charge in [-0.25, -0.2) is 0 Å². The Hall–Kier alpha value is -7.18. The van der Waals surface area contributed by atoms with Crippen molar-refractivity contribution in [3.05, 3.63) is 162 Å². The van der Waals surface area contributed by atoms with Crippen LogP contribution in [0.4, 0.5) is 28.4 Å². The fourth-order valence-corrected chi connectivity index (χ4v) is 10.9. The van der Waals surface area contributed by atoms with E-state index < -0.39 is 0 Å². The highest BCUT2D eigenvalue weighted by atomic mass is 16.5. The van der Waals surface area contributed by atoms with Crippen molar-refractivity contribution < 1.29 is 13.6 Å². The summed E-state index contributed by atoms with van der Waals surface area (Å²) in [5.74, 6) is 1.75. The van der Waals surface area contributed by atoms with Gasteiger partial charge in [-0.05, 0) is 145 Å². The number of para-hydroxylation sites is 2. The molecule has 0 unspecified atom stereocenters. The second-order valence-corrected chi connectivity index (χ2v) is 21.8. The zero-order chi connectivity index (χ0) is 45.2. The first-order valence-electron chi connectivity index (χ1n) is 23.3. The molecule has 66 heavy (non-hydrogen) atoms. The maximum absolute atomic E-state index is 7.19. The summed E-state index contributed by atoms with van der Waals surface area (Å²) in [7, 11) is 0. The molecule has 0 fully saturated rings. The van der Waals surface area contributed by atoms with E-state index in [0.717, 1.165) is 94.9 Å². The Labute approximate surface area is 386 Å². The molecule has 2 aromatic heterocycles. The van der Waals surface area contributed by atoms with E-state index in [1.54, 1.807) is 0 Å². The van der Waals surface area contributed by atoms with Crippen molar-refractivity contribution in [3.63, 3.8) is 0 Å². The van der Waals surface area contributed by atoms with E-state index in [9.17, 15) is 0 Å². The van der Waals surface area contributed by atoms with Crippen LogP contribution in [0.2, 0.25) is 0 Å². The fourth-order valence-electron chi connectivity index (χ4n) is 10.9. The standard InChI is InChI=1S/C60H51BN2O3/c1-58(2,3)36-19-22-39(23-20-36)62-48-32-43-41-15-11-13-17-51(41)65-53(43)33-46(48)61-56-44(26-35(27-49(56)62)34-18-24-42-40-14-10-12-16-50(40)64-52(42)28-34)45-29-38(60(7,8)9)31-55-57(45)63(61)47-25-21-37(59(4,5)6)30-54(47)66-55/h10-33H,1-9H3. The highest BCUT2D eigenvalue weighted by Crippen LogP contribution is 2.58. The van der Waals surface area contributed by atoms with Gasteiger partial charge >= 0.3 is 6.85 Å². The van der Waals surface area contributed by atoms with Crippen LogP contribution in [0, 0.1) is 0 Å². The predicted molar refractivity (Wildman–Crippen MR) is 276 cm³/mol. The molecule has 0 aliphatic carbocycles. The van der Waals surface area contributed by atoms with Gasteiger partial charge in [-0.3, -0.25) is 0 Å². The van der Waals surface area contributed by atoms with Crippen LogP contribution in [0.3, 0.4) is 0 Å². The highest BCUT2D eigenvalue weighted by Gasteiger charge is 2.49. The molecule has 10 aromatic rings. The Bertz CT molecular complexity index is 3700. The number of furan rings is 2. The lowest BCUT2D eigenvalue weighted by Crippen LogP contribution is -2.62. The van der Waals surface area contributed by atoms with Gasteiger partial charge in [-0.15, -0.1) is 0 Å². The number of ether oxygens (including phenoxy) is 1. The van der Waals surface area contributed by atoms with Crippen molar-refractivity contribution in [2.24, 2.45) is 0 Å². The van der Waals surface area contributed by atoms with Gasteiger partial charge in [0.1, 0.15) is 28.1 Å². The van der Waals surface area contributed by atoms with Gasteiger partial charge in [0.25, 0.3) is 0 Å². The van der Waals surface area contributed by atoms with Crippen LogP contribution in [0.25, 0.3) is 66.1 Å². The van der Waals surface area contributed by atoms with Crippen LogP contribution >= 0.6 is 0 Å². The molecular weight excluding hydrogens is 807 g/mol. The van der Waals surface area contributed by atoms with Gasteiger partial charge in [0.05, 0.1) is 11.4 Å². The first-order chi connectivity index (χ1) is 31.6. The van der Waals surface area contributed by atoms with Crippen LogP contribution in [-0.2, 0) is 16.2 Å². The summed E-state index contributed by atoms with van der Waals surface area (Å²) in [5.41, 5.74) is 19.6. The Kier molecular flexibility index (Phi) is 7.86. The Balaban J connectivity index is 1.16. The monoisotopic (exact) mass is 858 g/mol. The van der Waals surface area contributed by atoms with Crippen molar-refractivity contribution in [1.29, 1.82) is 0 Å². The first-order valence-corrected chi connectivity index (χ1v) is 23.3. The maximum Gasteiger partial charge on any atom is 0.333 e. The molecular formula is C60H51BN2O3. The van der Waals surface area contributed by atoms with Crippen molar-refractivity contribution >= 4 is 90.1 Å². The van der Waals surface area contributed by atoms with Gasteiger partial charge in [0, 0.05) is 44.2 Å². The summed E-state index contributed by atoms with van der Waals surface area (Å²) < 4.78 is 20.5. The second-order valence-electron chi connectivity index (χ2n) is 21.8. The van der Waals surface area contributed by atoms with Crippen LogP contribution in [-0.4, -0.2) is 6.85 Å². The smallest absolute Gasteiger partial charge is 0.333 e. The van der Waals surface area contributed by atoms with Gasteiger partial charge < -0.3 is 23.3 Å². The van der Waals surface area contributed by atoms with E-state index in [4.69, 9.17) is 13.6 Å². The first kappa shape index (κ1) is 39.2. The van der Waals surface area contributed by atoms with E-state index in [0.29, 0.717) is 0 Å². The van der Waals surface area contributed by atoms with Crippen LogP contribution in [0.5, 0.6) is 11.5 Å². The number of anilines is 5. The summed E-state index contributed by atoms with van der Waals surface area (Å²) in [6, 6.07) is 53.8. The zero-order valence-electron chi connectivity index (χ0n) is 39.1. The van der Waals surface area contributed by atoms with Crippen molar-refractivity contribution in [3.8, 4) is 33.8 Å². The van der Waals surface area contributed by atoms with Crippen LogP contribution < -0.4 is 25.4 Å². The molecule has 0 amide bonds. The predicted octanol–water partition coefficient (Wildman–Crippen LogP) is 15.9. The minimum absolute atomic E-state index is 0.00242. The lowest BCUT2D eigenvalue weighted by atomic mass is 9.43. The molecule has 0 saturated carbocycles. The van der Waals surface area contributed by atoms with Crippen molar-refractivity contribution in [2.75, 3.05) is 9.71 Å². The molecule has 8 aromatic carbocycles. The van der Waals surface area contributed by atoms with E-state index >= 15 is 0 Å². The highest BCUT2D eigenvalue weighted by molar-refractivity contribution is 6.94. The van der Waals surface area contributed by atoms with Crippen LogP contribution in [0.1, 0.15) is 79.0 Å². The summed E-state index contributed by atoms with van der Waals surface area (Å²) >= 11 is 0. The molecule has 3 aliphatic heterocycles. The van der Waals surface area contributed by atoms with Crippen molar-refractivity contribution in [1.82, 2.24) is 0 Å². The Morgan fingerprint density at radius 1 is 0.424 bits per heavy atom. The molecule has 0 N–H and O–H groups in total. The number of benzene rings is 8. The normalized spacial score (nSPS) is 14.2. The van der Waals surface area contributed by atoms with E-state index in [2.05, 4.69) is 212 Å². The lowest BCUT2D eigenvalue weighted by Gasteiger charge is -2.48. The summed E-state index contributed by atoms with van der Waals surface area (Å²) in [5, 5.41) is 4.45. The fraction of sp³-hybridized carbons (Fsp3) is 0.200. The third-order valence-electron chi connectivity index (χ3n) is 14.5. The number of hydrogen-bond acceptors (Lipinski definition) is 5. The third-order valence-corrected chi connectivity index (χ3v) is 14.5. The number of fused-ring (bicyclic) bond motifs is 12. The number of nitrogens with zero attached hydrogens (tertiary/aromatic N) is 2. The topological polar surface area (TPSA) is 42.0 Å². The molecule has 6 heteroatoms. The molecule has 0 radical (unpaired) electrons. The Morgan fingerprint density at radius 3 is 1.74 bits per heavy atom. The zero-order valence-corrected chi connectivity index (χ0v) is 39.1. The molecule has 0 saturated heterocycles. The van der Waals surface area contributed by atoms with E-state index in [1.165, 1.54) is 38.7 Å². The van der Waals surface area contributed by atoms with Gasteiger partial charge in [0.2, 0.25) is 0 Å². The summed E-state index contributed by atoms with van der Waals surface area (Å²) in [4.78, 5) is 5.10. The lowest BCUT2D eigenvalue weighted by molar-refractivity contribution is 0.470. The molecule has 0 bridgehead atoms. The third kappa shape index (κ3) is 5.66. The molecule has 0 spiro atoms. The van der Waals surface area contributed by atoms with Crippen molar-refractivity contribution in [2.45, 2.75) is 78.6 Å². The SMILES string of the molecule is CC(C)(C)c1ccc(N2c3cc4c(cc3B3c5c(cc(-c6ccc7c(c6)oc6ccccc67)cc52)-c2cc(C(C)(C)C)cc5c2N3c2ccc(C(C)(C)C)cc2O5)oc2ccccc24)cc1. The number of rotatable bonds is 2. The average molecular weight is 859 g/mol. The molecule has 13 rings (SSSR count). The van der Waals surface area contributed by atoms with Crippen LogP contribution in [0.15, 0.2) is 154 Å². The Morgan fingerprint density at radius 2 is 1.05 bits per heavy atom. The van der Waals surface area contributed by atoms with E-state index in [1.807, 2.05) is 6.07 Å². The average Bonchev–Trinajstić information content (AvgIpc) is 3.85. The molecule has 5 nitrogen and oxygen atoms in total. The second kappa shape index (κ2) is 13.2. The van der Waals surface area contributed by atoms with E-state index in [-0.39, 0.29) is 23.1 Å². The maximum atomic E-state index is 7.19. The summed E-state index contributed by atoms with van der Waals surface area (Å²) in [6.07, 6.45) is 0. The summed E-state index contributed by atoms with van der Waals surface area (Å²) in [6.45, 7) is 20.3. The molecule has 0 atom stereocenters. The van der Waals surface area contributed by atoms with Gasteiger partial charge in [0.15, 0.2) is 5.75 Å². The van der Waals surface area contributed by atoms with Gasteiger partial charge in [-0.2, -0.15) is 0 Å². The molecule has 3 aliphatic rings. The minimum atomic E-state index is -0.213. The quantitative estimate of drug-likeness (QED) is 0.162. The van der Waals surface area contributed by atoms with Gasteiger partial charge in [-0.1, -0.05) is 123 Å². The minimum Gasteiger partial charge on any atom is -0.456 e. The molecule has 5 heterocycles. The number of hydrogen-bond donors (Lipinski definition) is 0.